The van der Waals surface area contributed by atoms with E-state index >= 15 is 0 Å². The average Bonchev–Trinajstić information content (AvgIpc) is 2.54. The molecule has 0 unspecified atom stereocenters. The summed E-state index contributed by atoms with van der Waals surface area (Å²) in [5, 5.41) is 2.40. The Labute approximate surface area is 141 Å². The lowest BCUT2D eigenvalue weighted by molar-refractivity contribution is -0.111. The van der Waals surface area contributed by atoms with Gasteiger partial charge in [0.15, 0.2) is 5.76 Å². The van der Waals surface area contributed by atoms with Crippen LogP contribution < -0.4 is 5.32 Å². The molecule has 2 aromatic rings. The summed E-state index contributed by atoms with van der Waals surface area (Å²) in [6.45, 7) is 0. The molecule has 25 heavy (non-hydrogen) atoms. The van der Waals surface area contributed by atoms with E-state index in [2.05, 4.69) is 9.50 Å². The van der Waals surface area contributed by atoms with Gasteiger partial charge in [0.25, 0.3) is 5.91 Å². The van der Waals surface area contributed by atoms with Crippen molar-refractivity contribution in [1.29, 1.82) is 0 Å². The number of hydrogen-bond acceptors (Lipinski definition) is 4. The van der Waals surface area contributed by atoms with Crippen molar-refractivity contribution in [2.75, 3.05) is 5.32 Å². The molecule has 0 saturated heterocycles. The SMILES string of the molecule is O=C(/C=C(\OS(=O)(=O)C(F)(F)F)c1ccccc1)Nc1ccccc1. The van der Waals surface area contributed by atoms with Gasteiger partial charge < -0.3 is 9.50 Å². The fourth-order valence-corrected chi connectivity index (χ4v) is 2.22. The Morgan fingerprint density at radius 1 is 0.960 bits per heavy atom. The Morgan fingerprint density at radius 2 is 1.48 bits per heavy atom. The van der Waals surface area contributed by atoms with Crippen molar-refractivity contribution in [3.05, 3.63) is 72.3 Å². The zero-order valence-corrected chi connectivity index (χ0v) is 13.3. The van der Waals surface area contributed by atoms with E-state index in [0.717, 1.165) is 0 Å². The van der Waals surface area contributed by atoms with Crippen molar-refractivity contribution in [2.45, 2.75) is 5.51 Å². The molecule has 132 valence electrons. The Hall–Kier alpha value is -2.81. The summed E-state index contributed by atoms with van der Waals surface area (Å²) in [4.78, 5) is 12.0. The molecule has 0 aliphatic carbocycles. The number of carbonyl (C=O) groups excluding carboxylic acids is 1. The van der Waals surface area contributed by atoms with Crippen LogP contribution in [0.5, 0.6) is 0 Å². The number of rotatable bonds is 5. The third-order valence-electron chi connectivity index (χ3n) is 2.84. The van der Waals surface area contributed by atoms with Crippen LogP contribution in [0.25, 0.3) is 5.76 Å². The molecule has 0 spiro atoms. The van der Waals surface area contributed by atoms with Crippen molar-refractivity contribution in [1.82, 2.24) is 0 Å². The third kappa shape index (κ3) is 5.08. The third-order valence-corrected chi connectivity index (χ3v) is 3.81. The summed E-state index contributed by atoms with van der Waals surface area (Å²) >= 11 is 0. The number of amides is 1. The van der Waals surface area contributed by atoms with E-state index < -0.39 is 27.3 Å². The predicted molar refractivity (Wildman–Crippen MR) is 85.6 cm³/mol. The maximum Gasteiger partial charge on any atom is 0.534 e. The summed E-state index contributed by atoms with van der Waals surface area (Å²) in [6, 6.07) is 15.2. The molecule has 2 rings (SSSR count). The van der Waals surface area contributed by atoms with Crippen LogP contribution >= 0.6 is 0 Å². The van der Waals surface area contributed by atoms with Gasteiger partial charge in [-0.05, 0) is 12.1 Å². The molecular formula is C16H12F3NO4S. The number of nitrogens with one attached hydrogen (secondary N) is 1. The number of hydrogen-bond donors (Lipinski definition) is 1. The molecule has 0 aliphatic rings. The average molecular weight is 371 g/mol. The first-order valence-electron chi connectivity index (χ1n) is 6.83. The second-order valence-corrected chi connectivity index (χ2v) is 6.25. The number of carbonyl (C=O) groups is 1. The van der Waals surface area contributed by atoms with Crippen molar-refractivity contribution >= 4 is 27.5 Å². The first-order valence-corrected chi connectivity index (χ1v) is 8.24. The number of anilines is 1. The lowest BCUT2D eigenvalue weighted by Gasteiger charge is -2.12. The summed E-state index contributed by atoms with van der Waals surface area (Å²) < 4.78 is 64.3. The van der Waals surface area contributed by atoms with Gasteiger partial charge in [-0.1, -0.05) is 48.5 Å². The minimum Gasteiger partial charge on any atom is -0.375 e. The fraction of sp³-hybridized carbons (Fsp3) is 0.0625. The zero-order valence-electron chi connectivity index (χ0n) is 12.5. The Kier molecular flexibility index (Phi) is 5.48. The summed E-state index contributed by atoms with van der Waals surface area (Å²) in [7, 11) is -5.91. The molecule has 0 saturated carbocycles. The van der Waals surface area contributed by atoms with Gasteiger partial charge in [-0.2, -0.15) is 21.6 Å². The van der Waals surface area contributed by atoms with E-state index in [1.54, 1.807) is 36.4 Å². The standard InChI is InChI=1S/C16H12F3NO4S/c17-16(18,19)25(22,23)24-14(12-7-3-1-4-8-12)11-15(21)20-13-9-5-2-6-10-13/h1-11H,(H,20,21)/b14-11-. The largest absolute Gasteiger partial charge is 0.534 e. The summed E-state index contributed by atoms with van der Waals surface area (Å²) in [6.07, 6.45) is 0.644. The minimum absolute atomic E-state index is 0.00135. The molecule has 0 aliphatic heterocycles. The maximum atomic E-state index is 12.6. The molecular weight excluding hydrogens is 359 g/mol. The van der Waals surface area contributed by atoms with Crippen LogP contribution in [0.4, 0.5) is 18.9 Å². The molecule has 0 aromatic heterocycles. The van der Waals surface area contributed by atoms with E-state index in [-0.39, 0.29) is 5.56 Å². The van der Waals surface area contributed by atoms with Gasteiger partial charge in [0, 0.05) is 17.3 Å². The first kappa shape index (κ1) is 18.5. The second-order valence-electron chi connectivity index (χ2n) is 4.71. The minimum atomic E-state index is -5.91. The molecule has 5 nitrogen and oxygen atoms in total. The van der Waals surface area contributed by atoms with Crippen LogP contribution in [-0.2, 0) is 19.1 Å². The predicted octanol–water partition coefficient (Wildman–Crippen LogP) is 3.53. The topological polar surface area (TPSA) is 72.5 Å². The summed E-state index contributed by atoms with van der Waals surface area (Å²) in [5.74, 6) is -1.59. The van der Waals surface area contributed by atoms with E-state index in [9.17, 15) is 26.4 Å². The number of benzene rings is 2. The van der Waals surface area contributed by atoms with Crippen molar-refractivity contribution in [2.24, 2.45) is 0 Å². The number of halogens is 3. The highest BCUT2D eigenvalue weighted by Gasteiger charge is 2.49. The van der Waals surface area contributed by atoms with Gasteiger partial charge in [0.1, 0.15) is 0 Å². The molecule has 0 bridgehead atoms. The lowest BCUT2D eigenvalue weighted by atomic mass is 10.2. The molecule has 0 fully saturated rings. The first-order chi connectivity index (χ1) is 11.7. The van der Waals surface area contributed by atoms with Crippen LogP contribution in [0.2, 0.25) is 0 Å². The second kappa shape index (κ2) is 7.39. The van der Waals surface area contributed by atoms with Gasteiger partial charge in [0.2, 0.25) is 0 Å². The highest BCUT2D eigenvalue weighted by Crippen LogP contribution is 2.29. The van der Waals surface area contributed by atoms with E-state index in [1.807, 2.05) is 0 Å². The maximum absolute atomic E-state index is 12.6. The Balaban J connectivity index is 2.33. The van der Waals surface area contributed by atoms with E-state index in [4.69, 9.17) is 0 Å². The van der Waals surface area contributed by atoms with Crippen LogP contribution in [0.1, 0.15) is 5.56 Å². The zero-order chi connectivity index (χ0) is 18.5. The van der Waals surface area contributed by atoms with Gasteiger partial charge in [-0.3, -0.25) is 4.79 Å². The molecule has 1 amide bonds. The lowest BCUT2D eigenvalue weighted by Crippen LogP contribution is -2.25. The number of alkyl halides is 3. The van der Waals surface area contributed by atoms with Gasteiger partial charge in [0.05, 0.1) is 0 Å². The summed E-state index contributed by atoms with van der Waals surface area (Å²) in [5.41, 5.74) is -5.23. The van der Waals surface area contributed by atoms with Gasteiger partial charge >= 0.3 is 15.6 Å². The quantitative estimate of drug-likeness (QED) is 0.378. The van der Waals surface area contributed by atoms with E-state index in [1.165, 1.54) is 24.3 Å². The molecule has 9 heteroatoms. The van der Waals surface area contributed by atoms with Crippen molar-refractivity contribution in [3.63, 3.8) is 0 Å². The molecule has 2 aromatic carbocycles. The highest BCUT2D eigenvalue weighted by atomic mass is 32.2. The monoisotopic (exact) mass is 371 g/mol. The molecule has 0 radical (unpaired) electrons. The van der Waals surface area contributed by atoms with Gasteiger partial charge in [-0.25, -0.2) is 0 Å². The van der Waals surface area contributed by atoms with Crippen molar-refractivity contribution in [3.8, 4) is 0 Å². The molecule has 0 atom stereocenters. The van der Waals surface area contributed by atoms with Crippen LogP contribution in [0, 0.1) is 0 Å². The molecule has 0 heterocycles. The number of para-hydroxylation sites is 1. The normalized spacial score (nSPS) is 12.5. The van der Waals surface area contributed by atoms with Crippen LogP contribution in [-0.4, -0.2) is 19.8 Å². The van der Waals surface area contributed by atoms with Crippen molar-refractivity contribution < 1.29 is 30.6 Å². The van der Waals surface area contributed by atoms with E-state index in [0.29, 0.717) is 11.8 Å². The highest BCUT2D eigenvalue weighted by molar-refractivity contribution is 7.87. The van der Waals surface area contributed by atoms with Gasteiger partial charge in [-0.15, -0.1) is 0 Å². The van der Waals surface area contributed by atoms with Crippen LogP contribution in [0.15, 0.2) is 66.7 Å². The fourth-order valence-electron chi connectivity index (χ4n) is 1.74. The smallest absolute Gasteiger partial charge is 0.375 e. The van der Waals surface area contributed by atoms with Crippen LogP contribution in [0.3, 0.4) is 0 Å². The Bertz CT molecular complexity index is 863. The Morgan fingerprint density at radius 3 is 2.00 bits per heavy atom. The molecule has 1 N–H and O–H groups in total.